The second-order valence-corrected chi connectivity index (χ2v) is 3.83. The Morgan fingerprint density at radius 1 is 1.24 bits per heavy atom. The number of nitrogens with one attached hydrogen (secondary N) is 2. The molecule has 1 aromatic carbocycles. The maximum atomic E-state index is 11.3. The maximum absolute atomic E-state index is 11.3. The number of carboxylic acids is 1. The van der Waals surface area contributed by atoms with Crippen LogP contribution in [0.15, 0.2) is 29.7 Å². The first kappa shape index (κ1) is 13.6. The molecule has 0 aliphatic heterocycles. The molecule has 100 valence electrons. The van der Waals surface area contributed by atoms with Gasteiger partial charge in [0.25, 0.3) is 0 Å². The molecule has 3 N–H and O–H groups in total. The van der Waals surface area contributed by atoms with E-state index in [1.165, 1.54) is 18.5 Å². The number of allylic oxidation sites excluding steroid dienone is 2. The van der Waals surface area contributed by atoms with E-state index in [0.717, 1.165) is 0 Å². The third-order valence-electron chi connectivity index (χ3n) is 2.64. The van der Waals surface area contributed by atoms with Crippen molar-refractivity contribution >= 4 is 22.7 Å². The van der Waals surface area contributed by atoms with Gasteiger partial charge in [0, 0.05) is 0 Å². The summed E-state index contributed by atoms with van der Waals surface area (Å²) < 4.78 is 0. The van der Waals surface area contributed by atoms with Crippen LogP contribution in [0.25, 0.3) is 11.0 Å². The summed E-state index contributed by atoms with van der Waals surface area (Å²) in [6.45, 7) is 0. The molecule has 8 nitrogen and oxygen atoms in total. The van der Waals surface area contributed by atoms with Crippen LogP contribution in [0.3, 0.4) is 0 Å². The van der Waals surface area contributed by atoms with Crippen LogP contribution in [-0.4, -0.2) is 21.0 Å². The normalized spacial score (nSPS) is 9.19. The van der Waals surface area contributed by atoms with Crippen molar-refractivity contribution in [3.63, 3.8) is 0 Å². The van der Waals surface area contributed by atoms with Crippen LogP contribution in [0, 0.1) is 34.0 Å². The summed E-state index contributed by atoms with van der Waals surface area (Å²) in [4.78, 5) is 18.0. The zero-order chi connectivity index (χ0) is 15.4. The van der Waals surface area contributed by atoms with E-state index in [2.05, 4.69) is 15.3 Å². The molecule has 0 saturated carbocycles. The highest BCUT2D eigenvalue weighted by Gasteiger charge is 2.15. The van der Waals surface area contributed by atoms with Gasteiger partial charge in [-0.2, -0.15) is 15.8 Å². The van der Waals surface area contributed by atoms with E-state index in [-0.39, 0.29) is 16.9 Å². The fourth-order valence-corrected chi connectivity index (χ4v) is 1.68. The van der Waals surface area contributed by atoms with Crippen molar-refractivity contribution in [1.82, 2.24) is 9.97 Å². The molecule has 2 aromatic rings. The van der Waals surface area contributed by atoms with Crippen molar-refractivity contribution in [1.29, 1.82) is 15.8 Å². The molecule has 0 atom stereocenters. The summed E-state index contributed by atoms with van der Waals surface area (Å²) in [5, 5.41) is 38.2. The first-order valence-electron chi connectivity index (χ1n) is 5.52. The highest BCUT2D eigenvalue weighted by atomic mass is 16.4. The number of nitrogens with zero attached hydrogens (tertiary/aromatic N) is 4. The van der Waals surface area contributed by atoms with Crippen molar-refractivity contribution < 1.29 is 9.90 Å². The van der Waals surface area contributed by atoms with Gasteiger partial charge in [-0.25, -0.2) is 9.78 Å². The quantitative estimate of drug-likeness (QED) is 0.719. The predicted molar refractivity (Wildman–Crippen MR) is 70.5 cm³/mol. The van der Waals surface area contributed by atoms with Gasteiger partial charge in [-0.1, -0.05) is 0 Å². The van der Waals surface area contributed by atoms with E-state index in [9.17, 15) is 9.90 Å². The van der Waals surface area contributed by atoms with Gasteiger partial charge < -0.3 is 15.4 Å². The third kappa shape index (κ3) is 2.48. The van der Waals surface area contributed by atoms with Gasteiger partial charge in [-0.05, 0) is 12.1 Å². The van der Waals surface area contributed by atoms with Crippen molar-refractivity contribution in [3.05, 3.63) is 35.3 Å². The number of hydrogen-bond acceptors (Lipinski definition) is 6. The Balaban J connectivity index is 2.61. The van der Waals surface area contributed by atoms with Crippen LogP contribution >= 0.6 is 0 Å². The van der Waals surface area contributed by atoms with E-state index in [4.69, 9.17) is 15.8 Å². The number of rotatable bonds is 3. The lowest BCUT2D eigenvalue weighted by molar-refractivity contribution is 0.0698. The minimum atomic E-state index is -1.22. The lowest BCUT2D eigenvalue weighted by Crippen LogP contribution is -2.07. The fraction of sp³-hybridized carbons (Fsp3) is 0. The summed E-state index contributed by atoms with van der Waals surface area (Å²) >= 11 is 0. The topological polar surface area (TPSA) is 149 Å². The number of carboxylic acid groups (broad SMARTS) is 1. The molecule has 0 saturated heterocycles. The van der Waals surface area contributed by atoms with Crippen LogP contribution in [0.4, 0.5) is 5.69 Å². The second-order valence-electron chi connectivity index (χ2n) is 3.83. The van der Waals surface area contributed by atoms with Gasteiger partial charge in [-0.3, -0.25) is 0 Å². The number of imidazole rings is 1. The van der Waals surface area contributed by atoms with Crippen LogP contribution in [0.2, 0.25) is 0 Å². The molecule has 2 rings (SSSR count). The Morgan fingerprint density at radius 2 is 1.95 bits per heavy atom. The highest BCUT2D eigenvalue weighted by Crippen LogP contribution is 2.24. The van der Waals surface area contributed by atoms with Crippen molar-refractivity contribution in [2.75, 3.05) is 5.32 Å². The third-order valence-corrected chi connectivity index (χ3v) is 2.64. The second kappa shape index (κ2) is 5.43. The molecular weight excluding hydrogens is 272 g/mol. The molecule has 1 heterocycles. The number of aromatic carboxylic acids is 1. The van der Waals surface area contributed by atoms with Gasteiger partial charge >= 0.3 is 5.97 Å². The Labute approximate surface area is 118 Å². The van der Waals surface area contributed by atoms with E-state index in [1.54, 1.807) is 18.2 Å². The first-order chi connectivity index (χ1) is 10.1. The minimum absolute atomic E-state index is 0.0710. The molecule has 0 bridgehead atoms. The van der Waals surface area contributed by atoms with E-state index >= 15 is 0 Å². The van der Waals surface area contributed by atoms with Crippen molar-refractivity contribution in [2.45, 2.75) is 0 Å². The van der Waals surface area contributed by atoms with Crippen LogP contribution in [0.5, 0.6) is 0 Å². The van der Waals surface area contributed by atoms with Crippen LogP contribution in [-0.2, 0) is 0 Å². The van der Waals surface area contributed by atoms with Crippen LogP contribution < -0.4 is 5.32 Å². The fourth-order valence-electron chi connectivity index (χ4n) is 1.68. The molecule has 21 heavy (non-hydrogen) atoms. The minimum Gasteiger partial charge on any atom is -0.478 e. The van der Waals surface area contributed by atoms with E-state index in [0.29, 0.717) is 11.0 Å². The Bertz CT molecular complexity index is 872. The number of anilines is 1. The van der Waals surface area contributed by atoms with Crippen LogP contribution in [0.1, 0.15) is 10.4 Å². The molecule has 0 aliphatic rings. The van der Waals surface area contributed by atoms with Gasteiger partial charge in [0.2, 0.25) is 0 Å². The number of H-pyrrole nitrogens is 1. The largest absolute Gasteiger partial charge is 0.478 e. The number of carbonyl (C=O) groups is 1. The maximum Gasteiger partial charge on any atom is 0.337 e. The van der Waals surface area contributed by atoms with Crippen molar-refractivity contribution in [2.24, 2.45) is 0 Å². The zero-order valence-electron chi connectivity index (χ0n) is 10.4. The molecule has 0 radical (unpaired) electrons. The smallest absolute Gasteiger partial charge is 0.337 e. The molecule has 8 heteroatoms. The average molecular weight is 278 g/mol. The van der Waals surface area contributed by atoms with Gasteiger partial charge in [0.1, 0.15) is 23.9 Å². The molecular formula is C13H6N6O2. The molecule has 0 spiro atoms. The Hall–Kier alpha value is -3.83. The summed E-state index contributed by atoms with van der Waals surface area (Å²) in [5.41, 5.74) is 0.196. The molecule has 0 unspecified atom stereocenters. The Morgan fingerprint density at radius 3 is 2.52 bits per heavy atom. The number of benzene rings is 1. The highest BCUT2D eigenvalue weighted by molar-refractivity contribution is 5.99. The molecule has 0 aliphatic carbocycles. The lowest BCUT2D eigenvalue weighted by atomic mass is 10.1. The first-order valence-corrected chi connectivity index (χ1v) is 5.52. The number of aromatic nitrogens is 2. The van der Waals surface area contributed by atoms with Gasteiger partial charge in [-0.15, -0.1) is 0 Å². The SMILES string of the molecule is N#CC(C#N)=C(C#N)Nc1cc2nc[nH]c2cc1C(=O)O. The molecule has 1 aromatic heterocycles. The number of hydrogen-bond donors (Lipinski definition) is 3. The standard InChI is InChI=1S/C13H6N6O2/c14-3-7(4-15)12(5-16)19-9-2-11-10(17-6-18-11)1-8(9)13(20)21/h1-2,6,19H,(H,17,18)(H,20,21). The summed E-state index contributed by atoms with van der Waals surface area (Å²) in [7, 11) is 0. The van der Waals surface area contributed by atoms with E-state index in [1.807, 2.05) is 0 Å². The lowest BCUT2D eigenvalue weighted by Gasteiger charge is -2.08. The van der Waals surface area contributed by atoms with Gasteiger partial charge in [0.05, 0.1) is 28.6 Å². The number of nitriles is 3. The molecule has 0 amide bonds. The zero-order valence-corrected chi connectivity index (χ0v) is 10.4. The summed E-state index contributed by atoms with van der Waals surface area (Å²) in [5.74, 6) is -1.22. The summed E-state index contributed by atoms with van der Waals surface area (Å²) in [6.07, 6.45) is 1.40. The Kier molecular flexibility index (Phi) is 3.52. The monoisotopic (exact) mass is 278 g/mol. The summed E-state index contributed by atoms with van der Waals surface area (Å²) in [6, 6.07) is 7.56. The number of fused-ring (bicyclic) bond motifs is 1. The van der Waals surface area contributed by atoms with Crippen molar-refractivity contribution in [3.8, 4) is 18.2 Å². The number of aromatic amines is 1. The van der Waals surface area contributed by atoms with E-state index < -0.39 is 11.5 Å². The average Bonchev–Trinajstić information content (AvgIpc) is 2.93. The van der Waals surface area contributed by atoms with Gasteiger partial charge in [0.15, 0.2) is 5.57 Å². The molecule has 0 fully saturated rings. The predicted octanol–water partition coefficient (Wildman–Crippen LogP) is 1.50.